The first-order valence-corrected chi connectivity index (χ1v) is 8.24. The van der Waals surface area contributed by atoms with Crippen LogP contribution in [0.4, 0.5) is 11.5 Å². The number of rotatable bonds is 4. The van der Waals surface area contributed by atoms with E-state index >= 15 is 0 Å². The molecular formula is C16H26N4S. The van der Waals surface area contributed by atoms with E-state index in [1.165, 1.54) is 19.3 Å². The van der Waals surface area contributed by atoms with Crippen molar-refractivity contribution < 1.29 is 0 Å². The van der Waals surface area contributed by atoms with Gasteiger partial charge >= 0.3 is 0 Å². The number of pyridine rings is 1. The molecule has 0 saturated carbocycles. The number of nitrogens with one attached hydrogen (secondary N) is 2. The zero-order valence-electron chi connectivity index (χ0n) is 13.2. The van der Waals surface area contributed by atoms with Crippen molar-refractivity contribution in [3.63, 3.8) is 0 Å². The van der Waals surface area contributed by atoms with Crippen molar-refractivity contribution in [3.8, 4) is 0 Å². The van der Waals surface area contributed by atoms with Crippen molar-refractivity contribution in [3.05, 3.63) is 18.3 Å². The monoisotopic (exact) mass is 306 g/mol. The van der Waals surface area contributed by atoms with Crippen LogP contribution in [0.3, 0.4) is 0 Å². The molecule has 0 bridgehead atoms. The van der Waals surface area contributed by atoms with Gasteiger partial charge in [-0.1, -0.05) is 13.8 Å². The van der Waals surface area contributed by atoms with E-state index in [0.29, 0.717) is 17.1 Å². The molecule has 2 rings (SSSR count). The Kier molecular flexibility index (Phi) is 5.79. The van der Waals surface area contributed by atoms with Gasteiger partial charge in [0.25, 0.3) is 0 Å². The summed E-state index contributed by atoms with van der Waals surface area (Å²) in [6.07, 6.45) is 5.70. The molecule has 1 atom stereocenters. The molecule has 1 aliphatic heterocycles. The number of anilines is 2. The standard InChI is InChI=1S/C16H26N4S/c1-12(2)10-18-16(21)19-14-7-8-15(17-11-14)20-9-5-4-6-13(20)3/h7-8,11-13H,4-6,9-10H2,1-3H3,(H2,18,19,21)/t13-/m0/s1. The average Bonchev–Trinajstić information content (AvgIpc) is 2.47. The molecule has 1 aliphatic rings. The van der Waals surface area contributed by atoms with E-state index in [2.05, 4.69) is 47.4 Å². The minimum atomic E-state index is 0.575. The van der Waals surface area contributed by atoms with E-state index in [9.17, 15) is 0 Å². The smallest absolute Gasteiger partial charge is 0.170 e. The summed E-state index contributed by atoms with van der Waals surface area (Å²) < 4.78 is 0. The van der Waals surface area contributed by atoms with E-state index in [0.717, 1.165) is 24.6 Å². The predicted octanol–water partition coefficient (Wildman–Crippen LogP) is 3.40. The average molecular weight is 306 g/mol. The second-order valence-electron chi connectivity index (χ2n) is 6.17. The second-order valence-corrected chi connectivity index (χ2v) is 6.58. The Morgan fingerprint density at radius 3 is 2.86 bits per heavy atom. The summed E-state index contributed by atoms with van der Waals surface area (Å²) in [5.74, 6) is 1.64. The van der Waals surface area contributed by atoms with Crippen LogP contribution in [0.1, 0.15) is 40.0 Å². The summed E-state index contributed by atoms with van der Waals surface area (Å²) >= 11 is 5.27. The fourth-order valence-corrected chi connectivity index (χ4v) is 2.74. The molecule has 0 aliphatic carbocycles. The minimum Gasteiger partial charge on any atom is -0.362 e. The highest BCUT2D eigenvalue weighted by Crippen LogP contribution is 2.23. The van der Waals surface area contributed by atoms with E-state index in [1.807, 2.05) is 12.3 Å². The van der Waals surface area contributed by atoms with Crippen molar-refractivity contribution in [1.82, 2.24) is 10.3 Å². The molecule has 21 heavy (non-hydrogen) atoms. The molecule has 2 heterocycles. The first-order valence-electron chi connectivity index (χ1n) is 7.84. The van der Waals surface area contributed by atoms with Gasteiger partial charge in [-0.3, -0.25) is 0 Å². The Morgan fingerprint density at radius 2 is 2.24 bits per heavy atom. The van der Waals surface area contributed by atoms with Gasteiger partial charge in [0.15, 0.2) is 5.11 Å². The van der Waals surface area contributed by atoms with Crippen LogP contribution in [-0.4, -0.2) is 29.2 Å². The summed E-state index contributed by atoms with van der Waals surface area (Å²) in [7, 11) is 0. The fraction of sp³-hybridized carbons (Fsp3) is 0.625. The Hall–Kier alpha value is -1.36. The zero-order chi connectivity index (χ0) is 15.2. The van der Waals surface area contributed by atoms with Crippen LogP contribution < -0.4 is 15.5 Å². The molecule has 0 spiro atoms. The number of hydrogen-bond donors (Lipinski definition) is 2. The third-order valence-corrected chi connectivity index (χ3v) is 4.02. The van der Waals surface area contributed by atoms with Crippen LogP contribution in [0.2, 0.25) is 0 Å². The van der Waals surface area contributed by atoms with Gasteiger partial charge < -0.3 is 15.5 Å². The molecule has 0 unspecified atom stereocenters. The van der Waals surface area contributed by atoms with Crippen LogP contribution >= 0.6 is 12.2 Å². The van der Waals surface area contributed by atoms with Gasteiger partial charge in [0.2, 0.25) is 0 Å². The van der Waals surface area contributed by atoms with E-state index in [-0.39, 0.29) is 0 Å². The lowest BCUT2D eigenvalue weighted by Crippen LogP contribution is -2.38. The number of thiocarbonyl (C=S) groups is 1. The largest absolute Gasteiger partial charge is 0.362 e. The van der Waals surface area contributed by atoms with Gasteiger partial charge in [-0.15, -0.1) is 0 Å². The fourth-order valence-electron chi connectivity index (χ4n) is 2.54. The maximum Gasteiger partial charge on any atom is 0.170 e. The van der Waals surface area contributed by atoms with E-state index < -0.39 is 0 Å². The lowest BCUT2D eigenvalue weighted by molar-refractivity contribution is 0.481. The molecule has 1 saturated heterocycles. The van der Waals surface area contributed by atoms with Crippen LogP contribution in [0.15, 0.2) is 18.3 Å². The topological polar surface area (TPSA) is 40.2 Å². The molecular weight excluding hydrogens is 280 g/mol. The van der Waals surface area contributed by atoms with Gasteiger partial charge in [-0.2, -0.15) is 0 Å². The van der Waals surface area contributed by atoms with Gasteiger partial charge in [-0.05, 0) is 56.5 Å². The highest BCUT2D eigenvalue weighted by atomic mass is 32.1. The van der Waals surface area contributed by atoms with Crippen molar-refractivity contribution in [2.24, 2.45) is 5.92 Å². The maximum absolute atomic E-state index is 5.27. The molecule has 0 aromatic carbocycles. The Bertz CT molecular complexity index is 458. The summed E-state index contributed by atoms with van der Waals surface area (Å²) in [5.41, 5.74) is 0.935. The SMILES string of the molecule is CC(C)CNC(=S)Nc1ccc(N2CCCC[C@@H]2C)nc1. The van der Waals surface area contributed by atoms with Crippen LogP contribution in [0, 0.1) is 5.92 Å². The third kappa shape index (κ3) is 4.84. The first-order chi connectivity index (χ1) is 10.1. The second kappa shape index (κ2) is 7.59. The first kappa shape index (κ1) is 16.0. The molecule has 0 radical (unpaired) electrons. The summed E-state index contributed by atoms with van der Waals surface area (Å²) in [6, 6.07) is 4.71. The predicted molar refractivity (Wildman–Crippen MR) is 94.0 cm³/mol. The van der Waals surface area contributed by atoms with Crippen molar-refractivity contribution >= 4 is 28.8 Å². The molecule has 1 fully saturated rings. The maximum atomic E-state index is 5.27. The quantitative estimate of drug-likeness (QED) is 0.834. The van der Waals surface area contributed by atoms with Crippen molar-refractivity contribution in [1.29, 1.82) is 0 Å². The highest BCUT2D eigenvalue weighted by molar-refractivity contribution is 7.80. The van der Waals surface area contributed by atoms with Crippen LogP contribution in [0.25, 0.3) is 0 Å². The Balaban J connectivity index is 1.91. The minimum absolute atomic E-state index is 0.575. The van der Waals surface area contributed by atoms with Crippen molar-refractivity contribution in [2.75, 3.05) is 23.3 Å². The normalized spacial score (nSPS) is 18.7. The van der Waals surface area contributed by atoms with Gasteiger partial charge in [0, 0.05) is 19.1 Å². The van der Waals surface area contributed by atoms with Gasteiger partial charge in [0.05, 0.1) is 11.9 Å². The molecule has 0 amide bonds. The summed E-state index contributed by atoms with van der Waals surface area (Å²) in [4.78, 5) is 6.97. The highest BCUT2D eigenvalue weighted by Gasteiger charge is 2.19. The number of piperidine rings is 1. The van der Waals surface area contributed by atoms with Crippen LogP contribution in [0.5, 0.6) is 0 Å². The molecule has 116 valence electrons. The molecule has 1 aromatic heterocycles. The molecule has 1 aromatic rings. The number of nitrogens with zero attached hydrogens (tertiary/aromatic N) is 2. The van der Waals surface area contributed by atoms with E-state index in [1.54, 1.807) is 0 Å². The zero-order valence-corrected chi connectivity index (χ0v) is 14.0. The third-order valence-electron chi connectivity index (χ3n) is 3.77. The Morgan fingerprint density at radius 1 is 1.43 bits per heavy atom. The summed E-state index contributed by atoms with van der Waals surface area (Å²) in [5, 5.41) is 7.03. The van der Waals surface area contributed by atoms with Crippen LogP contribution in [-0.2, 0) is 0 Å². The van der Waals surface area contributed by atoms with Gasteiger partial charge in [0.1, 0.15) is 5.82 Å². The lowest BCUT2D eigenvalue weighted by Gasteiger charge is -2.34. The van der Waals surface area contributed by atoms with Gasteiger partial charge in [-0.25, -0.2) is 4.98 Å². The number of aromatic nitrogens is 1. The molecule has 4 nitrogen and oxygen atoms in total. The molecule has 2 N–H and O–H groups in total. The van der Waals surface area contributed by atoms with Crippen molar-refractivity contribution in [2.45, 2.75) is 46.1 Å². The lowest BCUT2D eigenvalue weighted by atomic mass is 10.0. The van der Waals surface area contributed by atoms with E-state index in [4.69, 9.17) is 12.2 Å². The Labute approximate surface area is 133 Å². The summed E-state index contributed by atoms with van der Waals surface area (Å²) in [6.45, 7) is 8.58. The molecule has 5 heteroatoms. The number of hydrogen-bond acceptors (Lipinski definition) is 3.